The number of carbonyl (C=O) groups excluding carboxylic acids is 1. The first kappa shape index (κ1) is 14.9. The molecule has 7 heteroatoms. The van der Waals surface area contributed by atoms with E-state index >= 15 is 0 Å². The van der Waals surface area contributed by atoms with E-state index in [1.165, 1.54) is 24.3 Å². The van der Waals surface area contributed by atoms with Crippen LogP contribution >= 0.6 is 0 Å². The number of hydrogen-bond acceptors (Lipinski definition) is 6. The Hall–Kier alpha value is -1.99. The Morgan fingerprint density at radius 2 is 1.77 bits per heavy atom. The Morgan fingerprint density at radius 1 is 1.23 bits per heavy atom. The number of non-ortho nitro benzene ring substituents is 1. The minimum absolute atomic E-state index is 0.0512. The van der Waals surface area contributed by atoms with Gasteiger partial charge in [0.2, 0.25) is 0 Å². The van der Waals surface area contributed by atoms with Crippen molar-refractivity contribution in [3.8, 4) is 0 Å². The van der Waals surface area contributed by atoms with Gasteiger partial charge in [-0.1, -0.05) is 0 Å². The number of rotatable bonds is 3. The zero-order valence-corrected chi connectivity index (χ0v) is 12.4. The summed E-state index contributed by atoms with van der Waals surface area (Å²) >= 11 is 0. The fourth-order valence-electron chi connectivity index (χ4n) is 2.96. The van der Waals surface area contributed by atoms with Gasteiger partial charge in [0, 0.05) is 25.0 Å². The molecule has 1 saturated heterocycles. The first-order chi connectivity index (χ1) is 10.3. The molecular weight excluding hydrogens is 290 g/mol. The van der Waals surface area contributed by atoms with Gasteiger partial charge in [-0.15, -0.1) is 0 Å². The second kappa shape index (κ2) is 5.33. The van der Waals surface area contributed by atoms with Crippen LogP contribution in [0.3, 0.4) is 0 Å². The highest BCUT2D eigenvalue weighted by Gasteiger charge is 2.48. The van der Waals surface area contributed by atoms with E-state index in [9.17, 15) is 14.9 Å². The minimum atomic E-state index is -0.581. The molecule has 0 bridgehead atoms. The predicted molar refractivity (Wildman–Crippen MR) is 75.4 cm³/mol. The molecule has 7 nitrogen and oxygen atoms in total. The second-order valence-corrected chi connectivity index (χ2v) is 6.02. The molecule has 2 unspecified atom stereocenters. The summed E-state index contributed by atoms with van der Waals surface area (Å²) in [5.74, 6) is -1.07. The number of ether oxygens (including phenoxy) is 3. The molecule has 1 saturated carbocycles. The molecule has 0 radical (unpaired) electrons. The van der Waals surface area contributed by atoms with Crippen LogP contribution < -0.4 is 0 Å². The molecule has 0 amide bonds. The van der Waals surface area contributed by atoms with Gasteiger partial charge in [0.05, 0.1) is 22.7 Å². The first-order valence-corrected chi connectivity index (χ1v) is 7.15. The summed E-state index contributed by atoms with van der Waals surface area (Å²) in [6.07, 6.45) is 0.850. The monoisotopic (exact) mass is 307 g/mol. The van der Waals surface area contributed by atoms with E-state index in [1.807, 2.05) is 13.8 Å². The van der Waals surface area contributed by atoms with Crippen molar-refractivity contribution in [1.29, 1.82) is 0 Å². The van der Waals surface area contributed by atoms with E-state index in [0.717, 1.165) is 0 Å². The molecule has 1 aromatic rings. The Balaban J connectivity index is 1.58. The third-order valence-electron chi connectivity index (χ3n) is 3.86. The van der Waals surface area contributed by atoms with Gasteiger partial charge in [-0.3, -0.25) is 10.1 Å². The van der Waals surface area contributed by atoms with Crippen LogP contribution in [-0.2, 0) is 14.2 Å². The summed E-state index contributed by atoms with van der Waals surface area (Å²) in [7, 11) is 0. The molecule has 0 aromatic heterocycles. The van der Waals surface area contributed by atoms with E-state index in [-0.39, 0.29) is 24.0 Å². The summed E-state index contributed by atoms with van der Waals surface area (Å²) in [5.41, 5.74) is 0.237. The maximum absolute atomic E-state index is 12.1. The van der Waals surface area contributed by atoms with Gasteiger partial charge in [0.1, 0.15) is 6.10 Å². The fraction of sp³-hybridized carbons (Fsp3) is 0.533. The molecular formula is C15H17NO6. The molecule has 0 N–H and O–H groups in total. The lowest BCUT2D eigenvalue weighted by Gasteiger charge is -2.20. The Labute approximate surface area is 127 Å². The van der Waals surface area contributed by atoms with Crippen molar-refractivity contribution >= 4 is 11.7 Å². The van der Waals surface area contributed by atoms with Crippen molar-refractivity contribution in [3.05, 3.63) is 39.9 Å². The quantitative estimate of drug-likeness (QED) is 0.484. The highest BCUT2D eigenvalue weighted by molar-refractivity contribution is 5.89. The lowest BCUT2D eigenvalue weighted by atomic mass is 10.2. The third kappa shape index (κ3) is 2.95. The molecule has 2 fully saturated rings. The standard InChI is InChI=1S/C15H17NO6/c1-15(2)21-12-7-11(8-13(12)22-15)20-14(17)9-3-5-10(6-4-9)16(18)19/h3-6,11-13H,7-8H2,1-2H3. The Bertz CT molecular complexity index is 581. The Morgan fingerprint density at radius 3 is 2.27 bits per heavy atom. The zero-order chi connectivity index (χ0) is 15.9. The van der Waals surface area contributed by atoms with Crippen molar-refractivity contribution in [2.75, 3.05) is 0 Å². The number of carbonyl (C=O) groups is 1. The van der Waals surface area contributed by atoms with E-state index < -0.39 is 16.7 Å². The highest BCUT2D eigenvalue weighted by atomic mass is 16.8. The van der Waals surface area contributed by atoms with Gasteiger partial charge >= 0.3 is 5.97 Å². The van der Waals surface area contributed by atoms with Gasteiger partial charge in [-0.25, -0.2) is 4.79 Å². The molecule has 1 aliphatic carbocycles. The van der Waals surface area contributed by atoms with Crippen molar-refractivity contribution in [1.82, 2.24) is 0 Å². The van der Waals surface area contributed by atoms with Gasteiger partial charge in [-0.2, -0.15) is 0 Å². The van der Waals surface area contributed by atoms with Crippen LogP contribution in [0.5, 0.6) is 0 Å². The van der Waals surface area contributed by atoms with Gasteiger partial charge in [0.25, 0.3) is 5.69 Å². The number of nitro groups is 1. The first-order valence-electron chi connectivity index (χ1n) is 7.15. The molecule has 2 aliphatic rings. The molecule has 22 heavy (non-hydrogen) atoms. The van der Waals surface area contributed by atoms with Crippen LogP contribution in [-0.4, -0.2) is 35.0 Å². The molecule has 2 atom stereocenters. The lowest BCUT2D eigenvalue weighted by Crippen LogP contribution is -2.25. The van der Waals surface area contributed by atoms with Crippen molar-refractivity contribution in [2.45, 2.75) is 50.8 Å². The average molecular weight is 307 g/mol. The summed E-state index contributed by atoms with van der Waals surface area (Å²) in [6.45, 7) is 3.73. The third-order valence-corrected chi connectivity index (χ3v) is 3.86. The highest BCUT2D eigenvalue weighted by Crippen LogP contribution is 2.39. The Kier molecular flexibility index (Phi) is 3.62. The van der Waals surface area contributed by atoms with Crippen LogP contribution in [0.1, 0.15) is 37.0 Å². The van der Waals surface area contributed by atoms with Crippen LogP contribution in [0.25, 0.3) is 0 Å². The average Bonchev–Trinajstić information content (AvgIpc) is 2.91. The normalized spacial score (nSPS) is 29.1. The molecule has 1 aromatic carbocycles. The summed E-state index contributed by atoms with van der Waals surface area (Å²) in [5, 5.41) is 10.6. The maximum atomic E-state index is 12.1. The molecule has 1 aliphatic heterocycles. The fourth-order valence-corrected chi connectivity index (χ4v) is 2.96. The van der Waals surface area contributed by atoms with Crippen molar-refractivity contribution in [3.63, 3.8) is 0 Å². The SMILES string of the molecule is CC1(C)OC2CC(OC(=O)c3ccc([N+](=O)[O-])cc3)CC2O1. The molecule has 118 valence electrons. The number of benzene rings is 1. The van der Waals surface area contributed by atoms with E-state index in [1.54, 1.807) is 0 Å². The van der Waals surface area contributed by atoms with E-state index in [2.05, 4.69) is 0 Å². The topological polar surface area (TPSA) is 87.9 Å². The summed E-state index contributed by atoms with van der Waals surface area (Å²) in [6, 6.07) is 5.36. The smallest absolute Gasteiger partial charge is 0.338 e. The molecule has 3 rings (SSSR count). The molecule has 0 spiro atoms. The number of hydrogen-bond donors (Lipinski definition) is 0. The minimum Gasteiger partial charge on any atom is -0.459 e. The summed E-state index contributed by atoms with van der Waals surface area (Å²) < 4.78 is 16.9. The van der Waals surface area contributed by atoms with Crippen molar-refractivity contribution in [2.24, 2.45) is 0 Å². The van der Waals surface area contributed by atoms with Crippen LogP contribution in [0.4, 0.5) is 5.69 Å². The second-order valence-electron chi connectivity index (χ2n) is 6.02. The maximum Gasteiger partial charge on any atom is 0.338 e. The zero-order valence-electron chi connectivity index (χ0n) is 12.4. The van der Waals surface area contributed by atoms with Gasteiger partial charge < -0.3 is 14.2 Å². The lowest BCUT2D eigenvalue weighted by molar-refractivity contribution is -0.384. The van der Waals surface area contributed by atoms with Crippen LogP contribution in [0, 0.1) is 10.1 Å². The van der Waals surface area contributed by atoms with E-state index in [0.29, 0.717) is 18.4 Å². The van der Waals surface area contributed by atoms with E-state index in [4.69, 9.17) is 14.2 Å². The summed E-state index contributed by atoms with van der Waals surface area (Å²) in [4.78, 5) is 22.1. The predicted octanol–water partition coefficient (Wildman–Crippen LogP) is 2.43. The number of esters is 1. The molecule has 1 heterocycles. The number of fused-ring (bicyclic) bond motifs is 1. The van der Waals surface area contributed by atoms with Crippen molar-refractivity contribution < 1.29 is 23.9 Å². The number of nitrogens with zero attached hydrogens (tertiary/aromatic N) is 1. The number of nitro benzene ring substituents is 1. The largest absolute Gasteiger partial charge is 0.459 e. The van der Waals surface area contributed by atoms with Gasteiger partial charge in [-0.05, 0) is 26.0 Å². The van der Waals surface area contributed by atoms with Gasteiger partial charge in [0.15, 0.2) is 5.79 Å². The van der Waals surface area contributed by atoms with Crippen LogP contribution in [0.2, 0.25) is 0 Å². The van der Waals surface area contributed by atoms with Crippen LogP contribution in [0.15, 0.2) is 24.3 Å².